The standard InChI is InChI=1S/C16H15N3O2/c1-10-7-12(9-17)19-15(18-10)20-13-6-4-5-11-8-16(2,3)21-14(11)13/h4-7H,8H2,1-3H3. The van der Waals surface area contributed by atoms with Crippen LogP contribution in [0.3, 0.4) is 0 Å². The maximum absolute atomic E-state index is 8.96. The van der Waals surface area contributed by atoms with Crippen LogP contribution >= 0.6 is 0 Å². The van der Waals surface area contributed by atoms with Crippen molar-refractivity contribution in [3.8, 4) is 23.6 Å². The third-order valence-electron chi connectivity index (χ3n) is 3.20. The Hall–Kier alpha value is -2.61. The molecule has 21 heavy (non-hydrogen) atoms. The molecule has 0 atom stereocenters. The summed E-state index contributed by atoms with van der Waals surface area (Å²) in [7, 11) is 0. The first-order chi connectivity index (χ1) is 9.97. The molecule has 0 bridgehead atoms. The van der Waals surface area contributed by atoms with E-state index in [1.54, 1.807) is 13.0 Å². The van der Waals surface area contributed by atoms with E-state index in [1.807, 2.05) is 38.1 Å². The van der Waals surface area contributed by atoms with Gasteiger partial charge in [-0.3, -0.25) is 0 Å². The number of aryl methyl sites for hydroxylation is 1. The molecule has 5 heteroatoms. The van der Waals surface area contributed by atoms with Crippen LogP contribution < -0.4 is 9.47 Å². The number of fused-ring (bicyclic) bond motifs is 1. The zero-order chi connectivity index (χ0) is 15.0. The first-order valence-electron chi connectivity index (χ1n) is 6.71. The molecule has 106 valence electrons. The maximum atomic E-state index is 8.96. The Morgan fingerprint density at radius 2 is 2.14 bits per heavy atom. The summed E-state index contributed by atoms with van der Waals surface area (Å²) in [6.45, 7) is 5.87. The van der Waals surface area contributed by atoms with Gasteiger partial charge in [0.05, 0.1) is 0 Å². The van der Waals surface area contributed by atoms with Crippen molar-refractivity contribution < 1.29 is 9.47 Å². The van der Waals surface area contributed by atoms with Gasteiger partial charge in [0, 0.05) is 17.7 Å². The molecule has 3 rings (SSSR count). The van der Waals surface area contributed by atoms with Crippen molar-refractivity contribution >= 4 is 0 Å². The SMILES string of the molecule is Cc1cc(C#N)nc(Oc2cccc3c2OC(C)(C)C3)n1. The number of aromatic nitrogens is 2. The number of nitrogens with zero attached hydrogens (tertiary/aromatic N) is 3. The van der Waals surface area contributed by atoms with Crippen molar-refractivity contribution in [3.63, 3.8) is 0 Å². The molecule has 1 aromatic carbocycles. The van der Waals surface area contributed by atoms with E-state index in [2.05, 4.69) is 9.97 Å². The van der Waals surface area contributed by atoms with Gasteiger partial charge < -0.3 is 9.47 Å². The second-order valence-corrected chi connectivity index (χ2v) is 5.67. The highest BCUT2D eigenvalue weighted by atomic mass is 16.5. The van der Waals surface area contributed by atoms with Crippen LogP contribution in [-0.4, -0.2) is 15.6 Å². The molecule has 0 saturated heterocycles. The van der Waals surface area contributed by atoms with Crippen LogP contribution in [0.2, 0.25) is 0 Å². The van der Waals surface area contributed by atoms with Crippen molar-refractivity contribution in [1.29, 1.82) is 5.26 Å². The summed E-state index contributed by atoms with van der Waals surface area (Å²) >= 11 is 0. The van der Waals surface area contributed by atoms with Gasteiger partial charge in [-0.1, -0.05) is 12.1 Å². The zero-order valence-corrected chi connectivity index (χ0v) is 12.2. The topological polar surface area (TPSA) is 68.0 Å². The van der Waals surface area contributed by atoms with Gasteiger partial charge in [-0.25, -0.2) is 4.98 Å². The molecule has 0 spiro atoms. The predicted molar refractivity (Wildman–Crippen MR) is 76.4 cm³/mol. The van der Waals surface area contributed by atoms with E-state index in [9.17, 15) is 0 Å². The average molecular weight is 281 g/mol. The number of rotatable bonds is 2. The Bertz CT molecular complexity index is 748. The molecule has 2 aromatic rings. The Balaban J connectivity index is 1.96. The minimum Gasteiger partial charge on any atom is -0.483 e. The van der Waals surface area contributed by atoms with Crippen LogP contribution in [0.25, 0.3) is 0 Å². The van der Waals surface area contributed by atoms with Crippen molar-refractivity contribution in [1.82, 2.24) is 9.97 Å². The number of hydrogen-bond donors (Lipinski definition) is 0. The van der Waals surface area contributed by atoms with Gasteiger partial charge in [-0.2, -0.15) is 10.2 Å². The summed E-state index contributed by atoms with van der Waals surface area (Å²) in [5.41, 5.74) is 1.83. The molecular weight excluding hydrogens is 266 g/mol. The summed E-state index contributed by atoms with van der Waals surface area (Å²) < 4.78 is 11.7. The van der Waals surface area contributed by atoms with Crippen LogP contribution in [0.1, 0.15) is 30.8 Å². The molecule has 0 unspecified atom stereocenters. The largest absolute Gasteiger partial charge is 0.483 e. The van der Waals surface area contributed by atoms with E-state index in [4.69, 9.17) is 14.7 Å². The molecule has 0 amide bonds. The molecule has 0 saturated carbocycles. The van der Waals surface area contributed by atoms with Gasteiger partial charge in [0.15, 0.2) is 11.5 Å². The fourth-order valence-electron chi connectivity index (χ4n) is 2.41. The van der Waals surface area contributed by atoms with Gasteiger partial charge in [-0.05, 0) is 32.9 Å². The second kappa shape index (κ2) is 4.74. The normalized spacial score (nSPS) is 15.0. The first kappa shape index (κ1) is 13.4. The number of benzene rings is 1. The number of ether oxygens (including phenoxy) is 2. The Labute approximate surface area is 123 Å². The van der Waals surface area contributed by atoms with Crippen LogP contribution in [0.15, 0.2) is 24.3 Å². The van der Waals surface area contributed by atoms with Gasteiger partial charge >= 0.3 is 6.01 Å². The maximum Gasteiger partial charge on any atom is 0.323 e. The predicted octanol–water partition coefficient (Wildman–Crippen LogP) is 3.16. The van der Waals surface area contributed by atoms with Gasteiger partial charge in [0.2, 0.25) is 0 Å². The highest BCUT2D eigenvalue weighted by Gasteiger charge is 2.32. The van der Waals surface area contributed by atoms with E-state index in [0.717, 1.165) is 17.7 Å². The summed E-state index contributed by atoms with van der Waals surface area (Å²) in [4.78, 5) is 8.26. The summed E-state index contributed by atoms with van der Waals surface area (Å²) in [6, 6.07) is 9.53. The smallest absolute Gasteiger partial charge is 0.323 e. The van der Waals surface area contributed by atoms with Crippen LogP contribution in [-0.2, 0) is 6.42 Å². The van der Waals surface area contributed by atoms with E-state index in [1.165, 1.54) is 0 Å². The summed E-state index contributed by atoms with van der Waals surface area (Å²) in [5.74, 6) is 1.30. The Morgan fingerprint density at radius 1 is 1.33 bits per heavy atom. The van der Waals surface area contributed by atoms with Crippen LogP contribution in [0.4, 0.5) is 0 Å². The summed E-state index contributed by atoms with van der Waals surface area (Å²) in [6.07, 6.45) is 0.831. The van der Waals surface area contributed by atoms with Gasteiger partial charge in [0.25, 0.3) is 0 Å². The number of nitriles is 1. The fraction of sp³-hybridized carbons (Fsp3) is 0.312. The first-order valence-corrected chi connectivity index (χ1v) is 6.71. The molecule has 0 radical (unpaired) electrons. The van der Waals surface area contributed by atoms with Gasteiger partial charge in [-0.15, -0.1) is 0 Å². The van der Waals surface area contributed by atoms with Crippen molar-refractivity contribution in [2.75, 3.05) is 0 Å². The highest BCUT2D eigenvalue weighted by molar-refractivity contribution is 5.51. The Morgan fingerprint density at radius 3 is 2.90 bits per heavy atom. The van der Waals surface area contributed by atoms with Crippen LogP contribution in [0.5, 0.6) is 17.5 Å². The lowest BCUT2D eigenvalue weighted by Gasteiger charge is -2.17. The third kappa shape index (κ3) is 2.65. The van der Waals surface area contributed by atoms with Crippen molar-refractivity contribution in [2.45, 2.75) is 32.8 Å². The number of para-hydroxylation sites is 1. The van der Waals surface area contributed by atoms with E-state index in [0.29, 0.717) is 11.4 Å². The molecule has 1 aliphatic rings. The van der Waals surface area contributed by atoms with Gasteiger partial charge in [0.1, 0.15) is 17.4 Å². The molecule has 1 aromatic heterocycles. The van der Waals surface area contributed by atoms with E-state index >= 15 is 0 Å². The van der Waals surface area contributed by atoms with E-state index in [-0.39, 0.29) is 17.3 Å². The summed E-state index contributed by atoms with van der Waals surface area (Å²) in [5, 5.41) is 8.96. The Kier molecular flexibility index (Phi) is 3.02. The average Bonchev–Trinajstić information content (AvgIpc) is 2.73. The fourth-order valence-corrected chi connectivity index (χ4v) is 2.41. The lowest BCUT2D eigenvalue weighted by Crippen LogP contribution is -2.24. The second-order valence-electron chi connectivity index (χ2n) is 5.67. The highest BCUT2D eigenvalue weighted by Crippen LogP contribution is 2.42. The lowest BCUT2D eigenvalue weighted by atomic mass is 10.0. The third-order valence-corrected chi connectivity index (χ3v) is 3.20. The molecule has 0 aliphatic carbocycles. The van der Waals surface area contributed by atoms with Crippen molar-refractivity contribution in [2.24, 2.45) is 0 Å². The molecule has 0 fully saturated rings. The molecular formula is C16H15N3O2. The zero-order valence-electron chi connectivity index (χ0n) is 12.2. The molecule has 2 heterocycles. The monoisotopic (exact) mass is 281 g/mol. The molecule has 1 aliphatic heterocycles. The van der Waals surface area contributed by atoms with Crippen LogP contribution in [0, 0.1) is 18.3 Å². The minimum absolute atomic E-state index is 0.160. The minimum atomic E-state index is -0.243. The van der Waals surface area contributed by atoms with E-state index < -0.39 is 0 Å². The van der Waals surface area contributed by atoms with Crippen molar-refractivity contribution in [3.05, 3.63) is 41.2 Å². The molecule has 5 nitrogen and oxygen atoms in total. The number of hydrogen-bond acceptors (Lipinski definition) is 5. The quantitative estimate of drug-likeness (QED) is 0.845. The lowest BCUT2D eigenvalue weighted by molar-refractivity contribution is 0.134. The molecule has 0 N–H and O–H groups in total.